The van der Waals surface area contributed by atoms with Gasteiger partial charge < -0.3 is 5.11 Å². The summed E-state index contributed by atoms with van der Waals surface area (Å²) in [4.78, 5) is 10.6. The van der Waals surface area contributed by atoms with Crippen LogP contribution in [0.15, 0.2) is 0 Å². The summed E-state index contributed by atoms with van der Waals surface area (Å²) in [5.41, 5.74) is 0. The zero-order valence-corrected chi connectivity index (χ0v) is 6.50. The fourth-order valence-electron chi connectivity index (χ4n) is 1.93. The minimum absolute atomic E-state index is 0.0833. The number of carboxylic acids is 1. The van der Waals surface area contributed by atoms with Gasteiger partial charge in [-0.1, -0.05) is 13.8 Å². The van der Waals surface area contributed by atoms with Gasteiger partial charge in [0.25, 0.3) is 0 Å². The number of carbonyl (C=O) groups is 1. The van der Waals surface area contributed by atoms with Gasteiger partial charge in [0.05, 0.1) is 5.92 Å². The Morgan fingerprint density at radius 2 is 1.70 bits per heavy atom. The van der Waals surface area contributed by atoms with Crippen LogP contribution < -0.4 is 0 Å². The Balaban J connectivity index is 2.63. The highest BCUT2D eigenvalue weighted by Gasteiger charge is 2.35. The minimum atomic E-state index is -0.613. The van der Waals surface area contributed by atoms with Gasteiger partial charge in [0.2, 0.25) is 0 Å². The molecule has 1 rings (SSSR count). The van der Waals surface area contributed by atoms with E-state index in [-0.39, 0.29) is 5.92 Å². The summed E-state index contributed by atoms with van der Waals surface area (Å²) < 4.78 is 0. The van der Waals surface area contributed by atoms with Gasteiger partial charge in [0.15, 0.2) is 0 Å². The van der Waals surface area contributed by atoms with Crippen LogP contribution in [-0.2, 0) is 4.79 Å². The normalized spacial score (nSPS) is 34.6. The van der Waals surface area contributed by atoms with Crippen LogP contribution in [0, 0.1) is 17.8 Å². The highest BCUT2D eigenvalue weighted by molar-refractivity contribution is 5.71. The summed E-state index contributed by atoms with van der Waals surface area (Å²) in [7, 11) is 0. The second kappa shape index (κ2) is 2.60. The molecule has 58 valence electrons. The maximum Gasteiger partial charge on any atom is 0.307 e. The maximum atomic E-state index is 10.6. The molecule has 1 N–H and O–H groups in total. The van der Waals surface area contributed by atoms with Crippen LogP contribution in [0.2, 0.25) is 0 Å². The molecule has 2 heteroatoms. The standard InChI is InChI=1S/C8H14O2/c1-5-3-4-6(2)7(5)8(9)10/h5-7H,3-4H2,1-2H3,(H,9,10)/t5-,6-/m0/s1. The van der Waals surface area contributed by atoms with Crippen molar-refractivity contribution >= 4 is 5.97 Å². The molecule has 0 saturated heterocycles. The summed E-state index contributed by atoms with van der Waals surface area (Å²) in [6.07, 6.45) is 2.16. The molecule has 2 nitrogen and oxygen atoms in total. The Bertz CT molecular complexity index is 132. The maximum absolute atomic E-state index is 10.6. The van der Waals surface area contributed by atoms with Crippen molar-refractivity contribution in [2.45, 2.75) is 26.7 Å². The van der Waals surface area contributed by atoms with Crippen molar-refractivity contribution in [3.63, 3.8) is 0 Å². The molecule has 0 aliphatic heterocycles. The number of carboxylic acid groups (broad SMARTS) is 1. The number of rotatable bonds is 1. The lowest BCUT2D eigenvalue weighted by atomic mass is 9.92. The van der Waals surface area contributed by atoms with Crippen LogP contribution in [0.5, 0.6) is 0 Å². The van der Waals surface area contributed by atoms with Crippen molar-refractivity contribution in [1.82, 2.24) is 0 Å². The zero-order chi connectivity index (χ0) is 7.72. The smallest absolute Gasteiger partial charge is 0.307 e. The van der Waals surface area contributed by atoms with Gasteiger partial charge in [-0.2, -0.15) is 0 Å². The number of hydrogen-bond acceptors (Lipinski definition) is 1. The lowest BCUT2D eigenvalue weighted by Gasteiger charge is -2.13. The Labute approximate surface area is 61.2 Å². The highest BCUT2D eigenvalue weighted by Crippen LogP contribution is 2.36. The van der Waals surface area contributed by atoms with Crippen molar-refractivity contribution in [2.24, 2.45) is 17.8 Å². The van der Waals surface area contributed by atoms with Gasteiger partial charge in [-0.25, -0.2) is 0 Å². The molecular weight excluding hydrogens is 128 g/mol. The van der Waals surface area contributed by atoms with Gasteiger partial charge in [-0.3, -0.25) is 4.79 Å². The summed E-state index contributed by atoms with van der Waals surface area (Å²) in [6, 6.07) is 0. The average Bonchev–Trinajstić information content (AvgIpc) is 2.11. The molecule has 0 amide bonds. The second-order valence-corrected chi connectivity index (χ2v) is 3.40. The number of hydrogen-bond donors (Lipinski definition) is 1. The lowest BCUT2D eigenvalue weighted by molar-refractivity contribution is -0.144. The average molecular weight is 142 g/mol. The first-order valence-electron chi connectivity index (χ1n) is 3.85. The van der Waals surface area contributed by atoms with E-state index in [0.29, 0.717) is 11.8 Å². The third-order valence-electron chi connectivity index (χ3n) is 2.59. The van der Waals surface area contributed by atoms with E-state index >= 15 is 0 Å². The molecule has 1 fully saturated rings. The molecule has 0 heterocycles. The fourth-order valence-corrected chi connectivity index (χ4v) is 1.93. The van der Waals surface area contributed by atoms with Crippen LogP contribution in [0.3, 0.4) is 0 Å². The third-order valence-corrected chi connectivity index (χ3v) is 2.59. The zero-order valence-electron chi connectivity index (χ0n) is 6.50. The first kappa shape index (κ1) is 7.58. The van der Waals surface area contributed by atoms with Crippen molar-refractivity contribution in [1.29, 1.82) is 0 Å². The van der Waals surface area contributed by atoms with E-state index in [9.17, 15) is 4.79 Å². The van der Waals surface area contributed by atoms with Gasteiger partial charge in [0.1, 0.15) is 0 Å². The highest BCUT2D eigenvalue weighted by atomic mass is 16.4. The Morgan fingerprint density at radius 3 is 1.90 bits per heavy atom. The molecule has 0 aromatic carbocycles. The molecule has 2 atom stereocenters. The van der Waals surface area contributed by atoms with Gasteiger partial charge >= 0.3 is 5.97 Å². The molecule has 0 radical (unpaired) electrons. The van der Waals surface area contributed by atoms with E-state index in [1.54, 1.807) is 0 Å². The van der Waals surface area contributed by atoms with E-state index in [1.807, 2.05) is 13.8 Å². The van der Waals surface area contributed by atoms with Crippen LogP contribution in [0.25, 0.3) is 0 Å². The van der Waals surface area contributed by atoms with Crippen molar-refractivity contribution < 1.29 is 9.90 Å². The summed E-state index contributed by atoms with van der Waals surface area (Å²) >= 11 is 0. The van der Waals surface area contributed by atoms with E-state index in [1.165, 1.54) is 0 Å². The Hall–Kier alpha value is -0.530. The van der Waals surface area contributed by atoms with Crippen molar-refractivity contribution in [3.8, 4) is 0 Å². The topological polar surface area (TPSA) is 37.3 Å². The van der Waals surface area contributed by atoms with Gasteiger partial charge in [0, 0.05) is 0 Å². The quantitative estimate of drug-likeness (QED) is 0.605. The first-order valence-corrected chi connectivity index (χ1v) is 3.85. The molecular formula is C8H14O2. The van der Waals surface area contributed by atoms with Gasteiger partial charge in [-0.15, -0.1) is 0 Å². The Kier molecular flexibility index (Phi) is 1.97. The molecule has 1 saturated carbocycles. The predicted octanol–water partition coefficient (Wildman–Crippen LogP) is 1.75. The Morgan fingerprint density at radius 1 is 1.30 bits per heavy atom. The molecule has 1 aliphatic rings. The predicted molar refractivity (Wildman–Crippen MR) is 38.7 cm³/mol. The summed E-state index contributed by atoms with van der Waals surface area (Å²) in [5.74, 6) is 0.0671. The van der Waals surface area contributed by atoms with Crippen LogP contribution in [-0.4, -0.2) is 11.1 Å². The molecule has 10 heavy (non-hydrogen) atoms. The minimum Gasteiger partial charge on any atom is -0.481 e. The largest absolute Gasteiger partial charge is 0.481 e. The van der Waals surface area contributed by atoms with Crippen molar-refractivity contribution in [2.75, 3.05) is 0 Å². The molecule has 0 spiro atoms. The SMILES string of the molecule is C[C@H]1CC[C@H](C)C1C(=O)O. The third kappa shape index (κ3) is 1.15. The number of aliphatic carboxylic acids is 1. The molecule has 0 aromatic rings. The van der Waals surface area contributed by atoms with Crippen LogP contribution in [0.1, 0.15) is 26.7 Å². The van der Waals surface area contributed by atoms with Crippen LogP contribution >= 0.6 is 0 Å². The second-order valence-electron chi connectivity index (χ2n) is 3.40. The molecule has 0 bridgehead atoms. The molecule has 0 unspecified atom stereocenters. The van der Waals surface area contributed by atoms with E-state index < -0.39 is 5.97 Å². The van der Waals surface area contributed by atoms with Crippen molar-refractivity contribution in [3.05, 3.63) is 0 Å². The van der Waals surface area contributed by atoms with Gasteiger partial charge in [-0.05, 0) is 24.7 Å². The molecule has 1 aliphatic carbocycles. The lowest BCUT2D eigenvalue weighted by Crippen LogP contribution is -2.21. The first-order chi connectivity index (χ1) is 4.63. The fraction of sp³-hybridized carbons (Fsp3) is 0.875. The van der Waals surface area contributed by atoms with E-state index in [4.69, 9.17) is 5.11 Å². The monoisotopic (exact) mass is 142 g/mol. The van der Waals surface area contributed by atoms with Crippen LogP contribution in [0.4, 0.5) is 0 Å². The summed E-state index contributed by atoms with van der Waals surface area (Å²) in [5, 5.41) is 8.75. The van der Waals surface area contributed by atoms with E-state index in [2.05, 4.69) is 0 Å². The molecule has 0 aromatic heterocycles. The van der Waals surface area contributed by atoms with E-state index in [0.717, 1.165) is 12.8 Å². The summed E-state index contributed by atoms with van der Waals surface area (Å²) in [6.45, 7) is 4.06.